The molecule has 1 fully saturated rings. The van der Waals surface area contributed by atoms with E-state index in [0.717, 1.165) is 0 Å². The van der Waals surface area contributed by atoms with Crippen LogP contribution in [0.15, 0.2) is 42.9 Å². The van der Waals surface area contributed by atoms with Crippen LogP contribution in [0.1, 0.15) is 20.8 Å². The molecule has 0 bridgehead atoms. The zero-order valence-corrected chi connectivity index (χ0v) is 12.9. The number of carbonyl (C=O) groups is 2. The number of ether oxygens (including phenoxy) is 1. The highest BCUT2D eigenvalue weighted by Gasteiger charge is 2.18. The Morgan fingerprint density at radius 2 is 1.83 bits per heavy atom. The number of hydrogen-bond donors (Lipinski definition) is 2. The Morgan fingerprint density at radius 1 is 1.08 bits per heavy atom. The highest BCUT2D eigenvalue weighted by Crippen LogP contribution is 2.12. The quantitative estimate of drug-likeness (QED) is 0.803. The summed E-state index contributed by atoms with van der Waals surface area (Å²) in [5.74, 6) is -0.412. The van der Waals surface area contributed by atoms with Gasteiger partial charge in [-0.2, -0.15) is 0 Å². The lowest BCUT2D eigenvalue weighted by Gasteiger charge is -2.26. The van der Waals surface area contributed by atoms with Gasteiger partial charge in [0.1, 0.15) is 5.69 Å². The highest BCUT2D eigenvalue weighted by atomic mass is 16.5. The summed E-state index contributed by atoms with van der Waals surface area (Å²) in [4.78, 5) is 33.7. The molecule has 0 spiro atoms. The number of anilines is 1. The molecule has 2 N–H and O–H groups in total. The van der Waals surface area contributed by atoms with Crippen molar-refractivity contribution in [2.75, 3.05) is 31.7 Å². The molecule has 0 radical (unpaired) electrons. The number of benzene rings is 1. The number of hydrazine groups is 1. The maximum Gasteiger partial charge on any atom is 0.289 e. The zero-order valence-electron chi connectivity index (χ0n) is 12.9. The standard InChI is InChI=1S/C16H17N5O3/c22-15(14-11-17-5-6-18-14)20-19-13-3-1-12(2-4-13)16(23)21-7-9-24-10-8-21/h1-6,11,19H,7-10H2,(H,20,22). The van der Waals surface area contributed by atoms with E-state index in [2.05, 4.69) is 20.8 Å². The fourth-order valence-corrected chi connectivity index (χ4v) is 2.25. The van der Waals surface area contributed by atoms with Gasteiger partial charge >= 0.3 is 0 Å². The number of amides is 2. The molecule has 2 amide bonds. The third kappa shape index (κ3) is 3.85. The molecule has 0 saturated carbocycles. The fourth-order valence-electron chi connectivity index (χ4n) is 2.25. The van der Waals surface area contributed by atoms with Crippen LogP contribution in [0.3, 0.4) is 0 Å². The minimum atomic E-state index is -0.392. The lowest BCUT2D eigenvalue weighted by atomic mass is 10.2. The van der Waals surface area contributed by atoms with Crippen molar-refractivity contribution in [2.24, 2.45) is 0 Å². The Hall–Kier alpha value is -3.00. The summed E-state index contributed by atoms with van der Waals surface area (Å²) in [7, 11) is 0. The van der Waals surface area contributed by atoms with E-state index in [1.54, 1.807) is 29.2 Å². The summed E-state index contributed by atoms with van der Waals surface area (Å²) in [5, 5.41) is 0. The van der Waals surface area contributed by atoms with Gasteiger partial charge in [-0.25, -0.2) is 4.98 Å². The molecule has 2 heterocycles. The first-order valence-electron chi connectivity index (χ1n) is 7.53. The van der Waals surface area contributed by atoms with Gasteiger partial charge in [0.2, 0.25) is 0 Å². The highest BCUT2D eigenvalue weighted by molar-refractivity contribution is 5.95. The van der Waals surface area contributed by atoms with E-state index in [-0.39, 0.29) is 11.6 Å². The topological polar surface area (TPSA) is 96.5 Å². The lowest BCUT2D eigenvalue weighted by molar-refractivity contribution is 0.0303. The number of aromatic nitrogens is 2. The van der Waals surface area contributed by atoms with E-state index in [0.29, 0.717) is 37.6 Å². The van der Waals surface area contributed by atoms with Crippen molar-refractivity contribution < 1.29 is 14.3 Å². The largest absolute Gasteiger partial charge is 0.378 e. The second kappa shape index (κ2) is 7.51. The zero-order chi connectivity index (χ0) is 16.8. The molecule has 1 aromatic carbocycles. The molecule has 0 atom stereocenters. The number of rotatable bonds is 4. The van der Waals surface area contributed by atoms with Crippen molar-refractivity contribution in [2.45, 2.75) is 0 Å². The second-order valence-electron chi connectivity index (χ2n) is 5.15. The van der Waals surface area contributed by atoms with Crippen LogP contribution in [-0.2, 0) is 4.74 Å². The monoisotopic (exact) mass is 327 g/mol. The first kappa shape index (κ1) is 15.9. The summed E-state index contributed by atoms with van der Waals surface area (Å²) < 4.78 is 5.24. The normalized spacial score (nSPS) is 14.1. The summed E-state index contributed by atoms with van der Waals surface area (Å²) in [6.07, 6.45) is 4.32. The van der Waals surface area contributed by atoms with Gasteiger partial charge in [-0.3, -0.25) is 25.4 Å². The van der Waals surface area contributed by atoms with E-state index < -0.39 is 5.91 Å². The first-order valence-corrected chi connectivity index (χ1v) is 7.53. The van der Waals surface area contributed by atoms with Crippen LogP contribution < -0.4 is 10.9 Å². The molecule has 1 aliphatic heterocycles. The number of hydrogen-bond acceptors (Lipinski definition) is 6. The van der Waals surface area contributed by atoms with Gasteiger partial charge in [-0.05, 0) is 24.3 Å². The van der Waals surface area contributed by atoms with Crippen LogP contribution in [0.25, 0.3) is 0 Å². The molecule has 3 rings (SSSR count). The molecule has 2 aromatic rings. The van der Waals surface area contributed by atoms with Crippen LogP contribution in [0, 0.1) is 0 Å². The van der Waals surface area contributed by atoms with Gasteiger partial charge in [0.15, 0.2) is 0 Å². The van der Waals surface area contributed by atoms with Gasteiger partial charge in [0, 0.05) is 31.0 Å². The van der Waals surface area contributed by atoms with Gasteiger partial charge in [0.05, 0.1) is 25.1 Å². The van der Waals surface area contributed by atoms with Crippen LogP contribution >= 0.6 is 0 Å². The van der Waals surface area contributed by atoms with Crippen molar-refractivity contribution in [1.29, 1.82) is 0 Å². The summed E-state index contributed by atoms with van der Waals surface area (Å²) in [5.41, 5.74) is 6.77. The first-order chi connectivity index (χ1) is 11.7. The smallest absolute Gasteiger partial charge is 0.289 e. The maximum absolute atomic E-state index is 12.3. The molecule has 8 heteroatoms. The van der Waals surface area contributed by atoms with Gasteiger partial charge in [0.25, 0.3) is 11.8 Å². The predicted octanol–water partition coefficient (Wildman–Crippen LogP) is 0.706. The van der Waals surface area contributed by atoms with E-state index in [4.69, 9.17) is 4.74 Å². The third-order valence-corrected chi connectivity index (χ3v) is 3.55. The number of nitrogens with one attached hydrogen (secondary N) is 2. The molecule has 0 unspecified atom stereocenters. The van der Waals surface area contributed by atoms with Crippen molar-refractivity contribution in [1.82, 2.24) is 20.3 Å². The minimum absolute atomic E-state index is 0.0200. The van der Waals surface area contributed by atoms with Gasteiger partial charge < -0.3 is 9.64 Å². The fraction of sp³-hybridized carbons (Fsp3) is 0.250. The Labute approximate surface area is 138 Å². The molecule has 8 nitrogen and oxygen atoms in total. The van der Waals surface area contributed by atoms with Crippen molar-refractivity contribution in [3.05, 3.63) is 54.1 Å². The molecule has 1 aliphatic rings. The lowest BCUT2D eigenvalue weighted by Crippen LogP contribution is -2.40. The second-order valence-corrected chi connectivity index (χ2v) is 5.15. The third-order valence-electron chi connectivity index (χ3n) is 3.55. The summed E-state index contributed by atoms with van der Waals surface area (Å²) >= 11 is 0. The minimum Gasteiger partial charge on any atom is -0.378 e. The van der Waals surface area contributed by atoms with Crippen LogP contribution in [-0.4, -0.2) is 53.0 Å². The van der Waals surface area contributed by atoms with E-state index >= 15 is 0 Å². The summed E-state index contributed by atoms with van der Waals surface area (Å²) in [6.45, 7) is 2.35. The Morgan fingerprint density at radius 3 is 2.50 bits per heavy atom. The Balaban J connectivity index is 1.56. The molecular formula is C16H17N5O3. The molecule has 1 aromatic heterocycles. The maximum atomic E-state index is 12.3. The van der Waals surface area contributed by atoms with Crippen molar-refractivity contribution in [3.8, 4) is 0 Å². The number of morpholine rings is 1. The Bertz CT molecular complexity index is 699. The SMILES string of the molecule is O=C(NNc1ccc(C(=O)N2CCOCC2)cc1)c1cnccn1. The van der Waals surface area contributed by atoms with E-state index in [9.17, 15) is 9.59 Å². The van der Waals surface area contributed by atoms with E-state index in [1.165, 1.54) is 18.6 Å². The summed E-state index contributed by atoms with van der Waals surface area (Å²) in [6, 6.07) is 6.89. The van der Waals surface area contributed by atoms with Crippen LogP contribution in [0.5, 0.6) is 0 Å². The van der Waals surface area contributed by atoms with E-state index in [1.807, 2.05) is 0 Å². The average molecular weight is 327 g/mol. The number of carbonyl (C=O) groups excluding carboxylic acids is 2. The molecule has 24 heavy (non-hydrogen) atoms. The molecule has 124 valence electrons. The van der Waals surface area contributed by atoms with Crippen molar-refractivity contribution >= 4 is 17.5 Å². The number of nitrogens with zero attached hydrogens (tertiary/aromatic N) is 3. The Kier molecular flexibility index (Phi) is 4.97. The van der Waals surface area contributed by atoms with Crippen molar-refractivity contribution in [3.63, 3.8) is 0 Å². The molecular weight excluding hydrogens is 310 g/mol. The molecule has 0 aliphatic carbocycles. The van der Waals surface area contributed by atoms with Gasteiger partial charge in [-0.15, -0.1) is 0 Å². The van der Waals surface area contributed by atoms with Gasteiger partial charge in [-0.1, -0.05) is 0 Å². The van der Waals surface area contributed by atoms with Crippen LogP contribution in [0.4, 0.5) is 5.69 Å². The predicted molar refractivity (Wildman–Crippen MR) is 86.3 cm³/mol. The average Bonchev–Trinajstić information content (AvgIpc) is 2.67. The molecule has 1 saturated heterocycles. The van der Waals surface area contributed by atoms with Crippen LogP contribution in [0.2, 0.25) is 0 Å².